The van der Waals surface area contributed by atoms with Crippen molar-refractivity contribution in [1.82, 2.24) is 10.6 Å². The Bertz CT molecular complexity index is 450. The van der Waals surface area contributed by atoms with Crippen LogP contribution in [-0.4, -0.2) is 39.9 Å². The Hall–Kier alpha value is -0.860. The molecule has 1 rings (SSSR count). The van der Waals surface area contributed by atoms with Gasteiger partial charge in [0.25, 0.3) is 0 Å². The molecule has 0 aliphatic rings. The summed E-state index contributed by atoms with van der Waals surface area (Å²) in [6.45, 7) is 8.06. The zero-order valence-electron chi connectivity index (χ0n) is 15.3. The highest BCUT2D eigenvalue weighted by molar-refractivity contribution is 14.0. The topological polar surface area (TPSA) is 54.9 Å². The van der Waals surface area contributed by atoms with Crippen LogP contribution in [0.25, 0.3) is 0 Å². The third-order valence-electron chi connectivity index (χ3n) is 3.40. The molecule has 0 bridgehead atoms. The van der Waals surface area contributed by atoms with Gasteiger partial charge < -0.3 is 20.1 Å². The summed E-state index contributed by atoms with van der Waals surface area (Å²) in [6, 6.07) is 8.37. The van der Waals surface area contributed by atoms with Crippen LogP contribution in [0.15, 0.2) is 29.3 Å². The third kappa shape index (κ3) is 10.8. The molecule has 0 atom stereocenters. The molecule has 138 valence electrons. The molecule has 0 fully saturated rings. The van der Waals surface area contributed by atoms with Crippen molar-refractivity contribution in [2.45, 2.75) is 33.4 Å². The lowest BCUT2D eigenvalue weighted by atomic mass is 10.1. The molecule has 5 nitrogen and oxygen atoms in total. The number of nitrogens with zero attached hydrogens (tertiary/aromatic N) is 1. The molecule has 6 heteroatoms. The Balaban J connectivity index is 0.00000529. The average Bonchev–Trinajstić information content (AvgIpc) is 2.55. The summed E-state index contributed by atoms with van der Waals surface area (Å²) in [5.41, 5.74) is 2.39. The summed E-state index contributed by atoms with van der Waals surface area (Å²) in [7, 11) is 3.48. The fourth-order valence-corrected chi connectivity index (χ4v) is 1.99. The average molecular weight is 449 g/mol. The van der Waals surface area contributed by atoms with Crippen molar-refractivity contribution in [3.8, 4) is 0 Å². The monoisotopic (exact) mass is 449 g/mol. The van der Waals surface area contributed by atoms with Crippen molar-refractivity contribution in [2.75, 3.05) is 33.9 Å². The van der Waals surface area contributed by atoms with E-state index in [9.17, 15) is 0 Å². The van der Waals surface area contributed by atoms with Crippen LogP contribution < -0.4 is 10.6 Å². The number of guanidine groups is 1. The predicted octanol–water partition coefficient (Wildman–Crippen LogP) is 3.18. The van der Waals surface area contributed by atoms with Crippen LogP contribution in [0, 0.1) is 5.92 Å². The van der Waals surface area contributed by atoms with Crippen LogP contribution in [-0.2, 0) is 22.6 Å². The van der Waals surface area contributed by atoms with Crippen molar-refractivity contribution < 1.29 is 9.47 Å². The van der Waals surface area contributed by atoms with Gasteiger partial charge in [0.05, 0.1) is 13.2 Å². The first-order valence-electron chi connectivity index (χ1n) is 8.24. The maximum absolute atomic E-state index is 5.58. The number of nitrogens with one attached hydrogen (secondary N) is 2. The highest BCUT2D eigenvalue weighted by atomic mass is 127. The largest absolute Gasteiger partial charge is 0.380 e. The smallest absolute Gasteiger partial charge is 0.191 e. The highest BCUT2D eigenvalue weighted by Gasteiger charge is 1.99. The first kappa shape index (κ1) is 23.1. The summed E-state index contributed by atoms with van der Waals surface area (Å²) < 4.78 is 10.7. The van der Waals surface area contributed by atoms with Gasteiger partial charge in [-0.15, -0.1) is 24.0 Å². The van der Waals surface area contributed by atoms with Gasteiger partial charge in [-0.25, -0.2) is 0 Å². The van der Waals surface area contributed by atoms with Gasteiger partial charge in [0.2, 0.25) is 0 Å². The molecule has 0 aliphatic carbocycles. The van der Waals surface area contributed by atoms with Crippen LogP contribution in [0.3, 0.4) is 0 Å². The van der Waals surface area contributed by atoms with Crippen molar-refractivity contribution in [2.24, 2.45) is 10.9 Å². The van der Waals surface area contributed by atoms with Gasteiger partial charge in [-0.05, 0) is 23.5 Å². The summed E-state index contributed by atoms with van der Waals surface area (Å²) in [5.74, 6) is 1.48. The maximum Gasteiger partial charge on any atom is 0.191 e. The van der Waals surface area contributed by atoms with E-state index >= 15 is 0 Å². The van der Waals surface area contributed by atoms with Gasteiger partial charge in [0.1, 0.15) is 0 Å². The molecular weight excluding hydrogens is 417 g/mol. The Morgan fingerprint density at radius 1 is 1.08 bits per heavy atom. The molecule has 1 aromatic rings. The van der Waals surface area contributed by atoms with Gasteiger partial charge in [0, 0.05) is 33.9 Å². The first-order chi connectivity index (χ1) is 11.2. The van der Waals surface area contributed by atoms with E-state index in [1.165, 1.54) is 11.1 Å². The summed E-state index contributed by atoms with van der Waals surface area (Å²) >= 11 is 0. The van der Waals surface area contributed by atoms with E-state index in [4.69, 9.17) is 9.47 Å². The van der Waals surface area contributed by atoms with Gasteiger partial charge in [-0.3, -0.25) is 4.99 Å². The Morgan fingerprint density at radius 3 is 2.33 bits per heavy atom. The maximum atomic E-state index is 5.58. The van der Waals surface area contributed by atoms with E-state index in [2.05, 4.69) is 53.7 Å². The van der Waals surface area contributed by atoms with Crippen molar-refractivity contribution >= 4 is 29.9 Å². The normalized spacial score (nSPS) is 11.3. The van der Waals surface area contributed by atoms with Crippen LogP contribution in [0.1, 0.15) is 31.4 Å². The lowest BCUT2D eigenvalue weighted by molar-refractivity contribution is 0.128. The molecule has 0 heterocycles. The highest BCUT2D eigenvalue weighted by Crippen LogP contribution is 2.05. The molecule has 2 N–H and O–H groups in total. The number of aliphatic imine (C=N–C) groups is 1. The molecule has 0 aromatic heterocycles. The summed E-state index contributed by atoms with van der Waals surface area (Å²) in [6.07, 6.45) is 1.10. The molecule has 0 radical (unpaired) electrons. The predicted molar refractivity (Wildman–Crippen MR) is 111 cm³/mol. The second kappa shape index (κ2) is 14.5. The lowest BCUT2D eigenvalue weighted by Crippen LogP contribution is -2.38. The second-order valence-corrected chi connectivity index (χ2v) is 5.90. The summed E-state index contributed by atoms with van der Waals surface area (Å²) in [4.78, 5) is 4.22. The van der Waals surface area contributed by atoms with Gasteiger partial charge >= 0.3 is 0 Å². The number of rotatable bonds is 10. The van der Waals surface area contributed by atoms with Crippen molar-refractivity contribution in [3.05, 3.63) is 35.4 Å². The molecule has 0 saturated heterocycles. The molecule has 0 amide bonds. The number of methoxy groups -OCH3 is 1. The van der Waals surface area contributed by atoms with Crippen LogP contribution in [0.5, 0.6) is 0 Å². The van der Waals surface area contributed by atoms with Crippen LogP contribution in [0.2, 0.25) is 0 Å². The van der Waals surface area contributed by atoms with E-state index in [0.717, 1.165) is 32.1 Å². The van der Waals surface area contributed by atoms with E-state index in [1.54, 1.807) is 14.2 Å². The Kier molecular flexibility index (Phi) is 14.0. The van der Waals surface area contributed by atoms with Gasteiger partial charge in [-0.2, -0.15) is 0 Å². The number of hydrogen-bond acceptors (Lipinski definition) is 3. The molecule has 0 spiro atoms. The fourth-order valence-electron chi connectivity index (χ4n) is 1.99. The first-order valence-corrected chi connectivity index (χ1v) is 8.24. The Labute approximate surface area is 163 Å². The second-order valence-electron chi connectivity index (χ2n) is 5.90. The van der Waals surface area contributed by atoms with Crippen LogP contribution >= 0.6 is 24.0 Å². The zero-order valence-corrected chi connectivity index (χ0v) is 17.6. The number of benzene rings is 1. The van der Waals surface area contributed by atoms with Crippen molar-refractivity contribution in [1.29, 1.82) is 0 Å². The number of ether oxygens (including phenoxy) is 2. The zero-order chi connectivity index (χ0) is 16.9. The Morgan fingerprint density at radius 2 is 1.75 bits per heavy atom. The minimum Gasteiger partial charge on any atom is -0.380 e. The molecule has 24 heavy (non-hydrogen) atoms. The van der Waals surface area contributed by atoms with Gasteiger partial charge in [0.15, 0.2) is 5.96 Å². The van der Waals surface area contributed by atoms with E-state index in [-0.39, 0.29) is 24.0 Å². The minimum absolute atomic E-state index is 0. The lowest BCUT2D eigenvalue weighted by Gasteiger charge is -2.12. The third-order valence-corrected chi connectivity index (χ3v) is 3.40. The molecule has 0 unspecified atom stereocenters. The molecule has 0 saturated carbocycles. The molecule has 0 aliphatic heterocycles. The van der Waals surface area contributed by atoms with Gasteiger partial charge in [-0.1, -0.05) is 38.1 Å². The van der Waals surface area contributed by atoms with E-state index in [1.807, 2.05) is 0 Å². The van der Waals surface area contributed by atoms with E-state index < -0.39 is 0 Å². The van der Waals surface area contributed by atoms with E-state index in [0.29, 0.717) is 19.1 Å². The number of hydrogen-bond donors (Lipinski definition) is 2. The molecular formula is C18H32IN3O2. The standard InChI is InChI=1S/C18H31N3O2.HI/c1-15(2)9-11-23-12-10-20-18(19-3)21-13-16-5-7-17(8-6-16)14-22-4;/h5-8,15H,9-14H2,1-4H3,(H2,19,20,21);1H. The summed E-state index contributed by atoms with van der Waals surface area (Å²) in [5, 5.41) is 6.55. The van der Waals surface area contributed by atoms with Crippen LogP contribution in [0.4, 0.5) is 0 Å². The molecule has 1 aromatic carbocycles. The SMILES string of the molecule is CN=C(NCCOCCC(C)C)NCc1ccc(COC)cc1.I. The fraction of sp³-hybridized carbons (Fsp3) is 0.611. The van der Waals surface area contributed by atoms with Crippen molar-refractivity contribution in [3.63, 3.8) is 0 Å². The quantitative estimate of drug-likeness (QED) is 0.249. The minimum atomic E-state index is 0. The number of halogens is 1.